The molecule has 0 saturated carbocycles. The van der Waals surface area contributed by atoms with Crippen LogP contribution >= 0.6 is 35.3 Å². The standard InChI is InChI=1S/C19H28N4S.HI/c1-6-16-11-21-17(24-16)12-22-18(20-5)23-13-19(3,4)15-9-7-14(2)8-10-15;/h7-11H,6,12-13H2,1-5H3,(H2,20,22,23);1H. The van der Waals surface area contributed by atoms with E-state index in [4.69, 9.17) is 0 Å². The predicted octanol–water partition coefficient (Wildman–Crippen LogP) is 4.27. The number of aliphatic imine (C=N–C) groups is 1. The van der Waals surface area contributed by atoms with Crippen molar-refractivity contribution in [2.75, 3.05) is 13.6 Å². The van der Waals surface area contributed by atoms with E-state index in [1.54, 1.807) is 18.4 Å². The zero-order valence-electron chi connectivity index (χ0n) is 15.7. The first-order valence-electron chi connectivity index (χ1n) is 8.40. The minimum absolute atomic E-state index is 0. The molecule has 0 aliphatic heterocycles. The number of hydrogen-bond acceptors (Lipinski definition) is 3. The van der Waals surface area contributed by atoms with Crippen LogP contribution in [0.1, 0.15) is 41.8 Å². The molecule has 0 atom stereocenters. The molecule has 0 aliphatic carbocycles. The molecule has 0 unspecified atom stereocenters. The average Bonchev–Trinajstić information content (AvgIpc) is 3.03. The number of guanidine groups is 1. The molecule has 0 radical (unpaired) electrons. The summed E-state index contributed by atoms with van der Waals surface area (Å²) in [5.41, 5.74) is 2.64. The summed E-state index contributed by atoms with van der Waals surface area (Å²) in [6, 6.07) is 8.74. The highest BCUT2D eigenvalue weighted by molar-refractivity contribution is 14.0. The molecule has 2 aromatic rings. The predicted molar refractivity (Wildman–Crippen MR) is 119 cm³/mol. The summed E-state index contributed by atoms with van der Waals surface area (Å²) in [6.45, 7) is 10.3. The molecule has 0 aliphatic rings. The molecule has 0 bridgehead atoms. The smallest absolute Gasteiger partial charge is 0.191 e. The van der Waals surface area contributed by atoms with E-state index in [9.17, 15) is 0 Å². The van der Waals surface area contributed by atoms with Crippen molar-refractivity contribution >= 4 is 41.3 Å². The summed E-state index contributed by atoms with van der Waals surface area (Å²) in [4.78, 5) is 10.1. The van der Waals surface area contributed by atoms with Gasteiger partial charge in [0, 0.05) is 30.1 Å². The van der Waals surface area contributed by atoms with E-state index in [1.807, 2.05) is 6.20 Å². The molecule has 1 heterocycles. The van der Waals surface area contributed by atoms with Crippen molar-refractivity contribution in [1.82, 2.24) is 15.6 Å². The SMILES string of the molecule is CCc1cnc(CNC(=NC)NCC(C)(C)c2ccc(C)cc2)s1.I. The number of nitrogens with zero attached hydrogens (tertiary/aromatic N) is 2. The Hall–Kier alpha value is -1.15. The first-order valence-corrected chi connectivity index (χ1v) is 9.21. The molecule has 0 spiro atoms. The van der Waals surface area contributed by atoms with E-state index in [1.165, 1.54) is 16.0 Å². The third-order valence-electron chi connectivity index (χ3n) is 4.11. The van der Waals surface area contributed by atoms with E-state index in [0.29, 0.717) is 6.54 Å². The van der Waals surface area contributed by atoms with Gasteiger partial charge in [0.1, 0.15) is 5.01 Å². The van der Waals surface area contributed by atoms with Gasteiger partial charge in [-0.3, -0.25) is 4.99 Å². The molecular weight excluding hydrogens is 443 g/mol. The zero-order chi connectivity index (χ0) is 17.6. The first-order chi connectivity index (χ1) is 11.4. The highest BCUT2D eigenvalue weighted by atomic mass is 127. The Labute approximate surface area is 172 Å². The lowest BCUT2D eigenvalue weighted by molar-refractivity contribution is 0.508. The number of hydrogen-bond donors (Lipinski definition) is 2. The van der Waals surface area contributed by atoms with Crippen molar-refractivity contribution in [3.63, 3.8) is 0 Å². The molecule has 0 amide bonds. The summed E-state index contributed by atoms with van der Waals surface area (Å²) in [7, 11) is 1.80. The number of aromatic nitrogens is 1. The largest absolute Gasteiger partial charge is 0.356 e. The van der Waals surface area contributed by atoms with Gasteiger partial charge in [-0.15, -0.1) is 35.3 Å². The number of rotatable bonds is 6. The third-order valence-corrected chi connectivity index (χ3v) is 5.25. The summed E-state index contributed by atoms with van der Waals surface area (Å²) in [6.07, 6.45) is 2.99. The van der Waals surface area contributed by atoms with Gasteiger partial charge in [-0.2, -0.15) is 0 Å². The summed E-state index contributed by atoms with van der Waals surface area (Å²) in [5.74, 6) is 0.809. The second-order valence-corrected chi connectivity index (χ2v) is 7.80. The molecule has 2 N–H and O–H groups in total. The van der Waals surface area contributed by atoms with Crippen molar-refractivity contribution < 1.29 is 0 Å². The van der Waals surface area contributed by atoms with Crippen molar-refractivity contribution in [2.24, 2.45) is 4.99 Å². The van der Waals surface area contributed by atoms with Crippen LogP contribution in [0.2, 0.25) is 0 Å². The van der Waals surface area contributed by atoms with E-state index < -0.39 is 0 Å². The molecule has 0 fully saturated rings. The minimum Gasteiger partial charge on any atom is -0.356 e. The molecule has 6 heteroatoms. The number of nitrogens with one attached hydrogen (secondary N) is 2. The summed E-state index contributed by atoms with van der Waals surface area (Å²) >= 11 is 1.75. The summed E-state index contributed by atoms with van der Waals surface area (Å²) in [5, 5.41) is 7.86. The van der Waals surface area contributed by atoms with Gasteiger partial charge >= 0.3 is 0 Å². The molecule has 4 nitrogen and oxygen atoms in total. The lowest BCUT2D eigenvalue weighted by Gasteiger charge is -2.27. The molecule has 138 valence electrons. The Kier molecular flexibility index (Phi) is 8.85. The normalized spacial score (nSPS) is 11.8. The maximum atomic E-state index is 4.43. The van der Waals surface area contributed by atoms with Crippen molar-refractivity contribution in [3.05, 3.63) is 51.5 Å². The quantitative estimate of drug-likeness (QED) is 0.375. The second kappa shape index (κ2) is 10.1. The Morgan fingerprint density at radius 3 is 2.44 bits per heavy atom. The molecule has 0 saturated heterocycles. The van der Waals surface area contributed by atoms with Crippen LogP contribution in [-0.4, -0.2) is 24.5 Å². The Balaban J connectivity index is 0.00000312. The summed E-state index contributed by atoms with van der Waals surface area (Å²) < 4.78 is 0. The van der Waals surface area contributed by atoms with Gasteiger partial charge in [0.05, 0.1) is 6.54 Å². The van der Waals surface area contributed by atoms with Crippen LogP contribution in [0.4, 0.5) is 0 Å². The van der Waals surface area contributed by atoms with Crippen LogP contribution in [0.5, 0.6) is 0 Å². The Morgan fingerprint density at radius 1 is 1.20 bits per heavy atom. The lowest BCUT2D eigenvalue weighted by atomic mass is 9.84. The van der Waals surface area contributed by atoms with Crippen molar-refractivity contribution in [3.8, 4) is 0 Å². The monoisotopic (exact) mass is 472 g/mol. The topological polar surface area (TPSA) is 49.3 Å². The fraction of sp³-hybridized carbons (Fsp3) is 0.474. The number of benzene rings is 1. The average molecular weight is 472 g/mol. The Morgan fingerprint density at radius 2 is 1.88 bits per heavy atom. The highest BCUT2D eigenvalue weighted by Crippen LogP contribution is 2.22. The minimum atomic E-state index is 0. The van der Waals surface area contributed by atoms with Crippen LogP contribution in [0.15, 0.2) is 35.5 Å². The number of thiazole rings is 1. The first kappa shape index (κ1) is 21.9. The van der Waals surface area contributed by atoms with Crippen LogP contribution < -0.4 is 10.6 Å². The number of halogens is 1. The van der Waals surface area contributed by atoms with Gasteiger partial charge in [0.15, 0.2) is 5.96 Å². The van der Waals surface area contributed by atoms with Crippen LogP contribution in [-0.2, 0) is 18.4 Å². The maximum Gasteiger partial charge on any atom is 0.191 e. The van der Waals surface area contributed by atoms with E-state index in [0.717, 1.165) is 23.9 Å². The lowest BCUT2D eigenvalue weighted by Crippen LogP contribution is -2.43. The molecule has 1 aromatic carbocycles. The van der Waals surface area contributed by atoms with Gasteiger partial charge in [-0.25, -0.2) is 4.98 Å². The zero-order valence-corrected chi connectivity index (χ0v) is 18.9. The fourth-order valence-corrected chi connectivity index (χ4v) is 3.19. The van der Waals surface area contributed by atoms with Crippen molar-refractivity contribution in [2.45, 2.75) is 46.1 Å². The third kappa shape index (κ3) is 6.58. The van der Waals surface area contributed by atoms with Crippen molar-refractivity contribution in [1.29, 1.82) is 0 Å². The van der Waals surface area contributed by atoms with Gasteiger partial charge in [-0.05, 0) is 18.9 Å². The van der Waals surface area contributed by atoms with E-state index in [-0.39, 0.29) is 29.4 Å². The molecule has 1 aromatic heterocycles. The highest BCUT2D eigenvalue weighted by Gasteiger charge is 2.20. The molecular formula is C19H29IN4S. The second-order valence-electron chi connectivity index (χ2n) is 6.60. The van der Waals surface area contributed by atoms with Gasteiger partial charge in [0.25, 0.3) is 0 Å². The maximum absolute atomic E-state index is 4.43. The molecule has 25 heavy (non-hydrogen) atoms. The Bertz CT molecular complexity index is 677. The van der Waals surface area contributed by atoms with E-state index >= 15 is 0 Å². The van der Waals surface area contributed by atoms with Gasteiger partial charge < -0.3 is 10.6 Å². The van der Waals surface area contributed by atoms with Crippen LogP contribution in [0.25, 0.3) is 0 Å². The fourth-order valence-electron chi connectivity index (χ4n) is 2.38. The number of aryl methyl sites for hydroxylation is 2. The van der Waals surface area contributed by atoms with E-state index in [2.05, 4.69) is 72.6 Å². The molecule has 2 rings (SSSR count). The van der Waals surface area contributed by atoms with Gasteiger partial charge in [-0.1, -0.05) is 50.6 Å². The van der Waals surface area contributed by atoms with Gasteiger partial charge in [0.2, 0.25) is 0 Å². The van der Waals surface area contributed by atoms with Crippen LogP contribution in [0.3, 0.4) is 0 Å². The van der Waals surface area contributed by atoms with Crippen LogP contribution in [0, 0.1) is 6.92 Å².